The van der Waals surface area contributed by atoms with E-state index in [2.05, 4.69) is 0 Å². The molecule has 1 saturated heterocycles. The standard InChI is InChI=1S/C18H22NO8.ClH/c1-10(20)14-6-5-7-19(8-14)18-17(26-13(4)23)16(25-12(3)22)15(27-18)9-24-11(2)21;/h5-8,15-18H,9H2,1-4H3;1H/q+1;/p-1/t15-,16+,17?,18-;/m1./s1. The lowest BCUT2D eigenvalue weighted by Crippen LogP contribution is -3.00. The van der Waals surface area contributed by atoms with Crippen molar-refractivity contribution in [1.29, 1.82) is 0 Å². The lowest BCUT2D eigenvalue weighted by atomic mass is 10.1. The smallest absolute Gasteiger partial charge is 0.304 e. The first-order valence-electron chi connectivity index (χ1n) is 8.34. The molecule has 0 aromatic carbocycles. The van der Waals surface area contributed by atoms with Crippen molar-refractivity contribution in [1.82, 2.24) is 0 Å². The maximum Gasteiger partial charge on any atom is 0.304 e. The van der Waals surface area contributed by atoms with Gasteiger partial charge in [-0.3, -0.25) is 19.2 Å². The summed E-state index contributed by atoms with van der Waals surface area (Å²) in [5.74, 6) is -1.88. The molecule has 1 aromatic heterocycles. The highest BCUT2D eigenvalue weighted by Gasteiger charge is 2.54. The Balaban J connectivity index is 0.00000392. The van der Waals surface area contributed by atoms with Gasteiger partial charge >= 0.3 is 24.1 Å². The second kappa shape index (κ2) is 10.1. The quantitative estimate of drug-likeness (QED) is 0.217. The van der Waals surface area contributed by atoms with Crippen molar-refractivity contribution in [3.8, 4) is 0 Å². The molecule has 28 heavy (non-hydrogen) atoms. The lowest BCUT2D eigenvalue weighted by molar-refractivity contribution is -0.765. The van der Waals surface area contributed by atoms with E-state index in [9.17, 15) is 19.2 Å². The van der Waals surface area contributed by atoms with Crippen LogP contribution in [0, 0.1) is 0 Å². The number of carbonyl (C=O) groups is 4. The first kappa shape index (κ1) is 23.5. The number of ketones is 1. The Hall–Kier alpha value is -2.52. The van der Waals surface area contributed by atoms with E-state index in [4.69, 9.17) is 18.9 Å². The average Bonchev–Trinajstić information content (AvgIpc) is 2.89. The van der Waals surface area contributed by atoms with Crippen LogP contribution in [0.3, 0.4) is 0 Å². The van der Waals surface area contributed by atoms with E-state index in [1.165, 1.54) is 27.7 Å². The van der Waals surface area contributed by atoms with E-state index in [0.717, 1.165) is 0 Å². The zero-order valence-electron chi connectivity index (χ0n) is 15.9. The van der Waals surface area contributed by atoms with Gasteiger partial charge in [-0.05, 0) is 13.0 Å². The molecule has 154 valence electrons. The van der Waals surface area contributed by atoms with Crippen molar-refractivity contribution < 1.29 is 55.1 Å². The van der Waals surface area contributed by atoms with Crippen molar-refractivity contribution in [2.75, 3.05) is 6.61 Å². The van der Waals surface area contributed by atoms with Gasteiger partial charge in [0.2, 0.25) is 6.10 Å². The Kier molecular flexibility index (Phi) is 8.52. The van der Waals surface area contributed by atoms with Crippen LogP contribution in [0.15, 0.2) is 24.5 Å². The summed E-state index contributed by atoms with van der Waals surface area (Å²) in [7, 11) is 0. The summed E-state index contributed by atoms with van der Waals surface area (Å²) in [5, 5.41) is 0. The van der Waals surface area contributed by atoms with Gasteiger partial charge in [-0.25, -0.2) is 0 Å². The molecule has 1 fully saturated rings. The molecule has 0 bridgehead atoms. The molecular weight excluding hydrogens is 394 g/mol. The minimum Gasteiger partial charge on any atom is -1.00 e. The molecule has 1 aromatic rings. The number of pyridine rings is 1. The van der Waals surface area contributed by atoms with E-state index in [1.54, 1.807) is 29.1 Å². The number of halogens is 1. The number of rotatable bonds is 6. The van der Waals surface area contributed by atoms with E-state index < -0.39 is 42.4 Å². The largest absolute Gasteiger partial charge is 1.00 e. The Morgan fingerprint density at radius 3 is 2.14 bits per heavy atom. The molecule has 1 unspecified atom stereocenters. The van der Waals surface area contributed by atoms with E-state index in [1.807, 2.05) is 0 Å². The summed E-state index contributed by atoms with van der Waals surface area (Å²) in [6, 6.07) is 3.28. The minimum absolute atomic E-state index is 0. The second-order valence-electron chi connectivity index (χ2n) is 6.11. The van der Waals surface area contributed by atoms with Gasteiger partial charge < -0.3 is 31.4 Å². The van der Waals surface area contributed by atoms with Gasteiger partial charge in [-0.1, -0.05) is 0 Å². The van der Waals surface area contributed by atoms with Gasteiger partial charge in [-0.2, -0.15) is 4.57 Å². The van der Waals surface area contributed by atoms with Crippen molar-refractivity contribution >= 4 is 23.7 Å². The molecule has 2 rings (SSSR count). The summed E-state index contributed by atoms with van der Waals surface area (Å²) in [6.45, 7) is 4.91. The fourth-order valence-electron chi connectivity index (χ4n) is 2.79. The monoisotopic (exact) mass is 415 g/mol. The summed E-state index contributed by atoms with van der Waals surface area (Å²) >= 11 is 0. The first-order chi connectivity index (χ1) is 12.7. The minimum atomic E-state index is -0.987. The van der Waals surface area contributed by atoms with Gasteiger partial charge in [0.15, 0.2) is 24.3 Å². The van der Waals surface area contributed by atoms with Crippen LogP contribution >= 0.6 is 0 Å². The fraction of sp³-hybridized carbons (Fsp3) is 0.500. The van der Waals surface area contributed by atoms with Crippen LogP contribution in [0.5, 0.6) is 0 Å². The molecule has 0 amide bonds. The Labute approximate surface area is 168 Å². The molecule has 1 aliphatic rings. The fourth-order valence-corrected chi connectivity index (χ4v) is 2.79. The van der Waals surface area contributed by atoms with Crippen LogP contribution in [0.25, 0.3) is 0 Å². The van der Waals surface area contributed by atoms with Gasteiger partial charge in [0, 0.05) is 26.8 Å². The SMILES string of the molecule is CC(=O)OC[C@H]1O[C@@H]([n+]2cccc(C(C)=O)c2)C(OC(C)=O)[C@H]1OC(C)=O.[Cl-]. The molecule has 0 saturated carbocycles. The van der Waals surface area contributed by atoms with Crippen LogP contribution < -0.4 is 17.0 Å². The highest BCUT2D eigenvalue weighted by molar-refractivity contribution is 5.93. The van der Waals surface area contributed by atoms with Gasteiger partial charge in [0.1, 0.15) is 12.7 Å². The molecule has 0 radical (unpaired) electrons. The van der Waals surface area contributed by atoms with Crippen LogP contribution in [-0.4, -0.2) is 48.6 Å². The molecule has 9 nitrogen and oxygen atoms in total. The zero-order chi connectivity index (χ0) is 20.1. The van der Waals surface area contributed by atoms with Crippen molar-refractivity contribution in [3.05, 3.63) is 30.1 Å². The lowest BCUT2D eigenvalue weighted by Gasteiger charge is -2.21. The Morgan fingerprint density at radius 1 is 1.00 bits per heavy atom. The zero-order valence-corrected chi connectivity index (χ0v) is 16.7. The van der Waals surface area contributed by atoms with Crippen LogP contribution in [0.1, 0.15) is 44.3 Å². The van der Waals surface area contributed by atoms with Gasteiger partial charge in [0.05, 0.1) is 5.56 Å². The van der Waals surface area contributed by atoms with E-state index in [0.29, 0.717) is 5.56 Å². The summed E-state index contributed by atoms with van der Waals surface area (Å²) < 4.78 is 23.0. The van der Waals surface area contributed by atoms with E-state index >= 15 is 0 Å². The van der Waals surface area contributed by atoms with Gasteiger partial charge in [-0.15, -0.1) is 0 Å². The number of hydrogen-bond donors (Lipinski definition) is 0. The number of nitrogens with zero attached hydrogens (tertiary/aromatic N) is 1. The van der Waals surface area contributed by atoms with E-state index in [-0.39, 0.29) is 24.8 Å². The summed E-state index contributed by atoms with van der Waals surface area (Å²) in [5.41, 5.74) is 0.426. The molecule has 10 heteroatoms. The maximum absolute atomic E-state index is 11.7. The molecule has 1 aliphatic heterocycles. The molecule has 2 heterocycles. The topological polar surface area (TPSA) is 109 Å². The summed E-state index contributed by atoms with van der Waals surface area (Å²) in [4.78, 5) is 45.9. The number of Topliss-reactive ketones (excluding diaryl/α,β-unsaturated/α-hetero) is 1. The van der Waals surface area contributed by atoms with Crippen LogP contribution in [0.2, 0.25) is 0 Å². The third-order valence-electron chi connectivity index (χ3n) is 3.86. The molecule has 4 atom stereocenters. The highest BCUT2D eigenvalue weighted by atomic mass is 35.5. The summed E-state index contributed by atoms with van der Waals surface area (Å²) in [6.07, 6.45) is -0.517. The molecule has 0 spiro atoms. The third-order valence-corrected chi connectivity index (χ3v) is 3.86. The number of ether oxygens (including phenoxy) is 4. The average molecular weight is 416 g/mol. The number of carbonyl (C=O) groups excluding carboxylic acids is 4. The van der Waals surface area contributed by atoms with Crippen molar-refractivity contribution in [2.24, 2.45) is 0 Å². The number of esters is 3. The normalized spacial score (nSPS) is 23.3. The predicted molar refractivity (Wildman–Crippen MR) is 88.3 cm³/mol. The van der Waals surface area contributed by atoms with Gasteiger partial charge in [0.25, 0.3) is 0 Å². The van der Waals surface area contributed by atoms with Crippen LogP contribution in [0.4, 0.5) is 0 Å². The van der Waals surface area contributed by atoms with Crippen LogP contribution in [-0.2, 0) is 33.3 Å². The number of hydrogen-bond acceptors (Lipinski definition) is 8. The van der Waals surface area contributed by atoms with Crippen molar-refractivity contribution in [2.45, 2.75) is 52.2 Å². The van der Waals surface area contributed by atoms with Crippen molar-refractivity contribution in [3.63, 3.8) is 0 Å². The Morgan fingerprint density at radius 2 is 1.61 bits per heavy atom. The molecular formula is C18H22ClNO8. The molecule has 0 N–H and O–H groups in total. The Bertz CT molecular complexity index is 753. The first-order valence-corrected chi connectivity index (χ1v) is 8.34. The highest BCUT2D eigenvalue weighted by Crippen LogP contribution is 2.31. The second-order valence-corrected chi connectivity index (χ2v) is 6.11. The third kappa shape index (κ3) is 6.00. The maximum atomic E-state index is 11.7. The predicted octanol–water partition coefficient (Wildman–Crippen LogP) is -2.50. The molecule has 0 aliphatic carbocycles. The number of aromatic nitrogens is 1.